The zero-order valence-electron chi connectivity index (χ0n) is 32.9. The Labute approximate surface area is 350 Å². The van der Waals surface area contributed by atoms with Gasteiger partial charge in [0, 0.05) is 16.5 Å². The highest BCUT2D eigenvalue weighted by Crippen LogP contribution is 2.63. The van der Waals surface area contributed by atoms with Crippen LogP contribution in [0.5, 0.6) is 0 Å². The maximum Gasteiger partial charge on any atom is 0.157 e. The fourth-order valence-electron chi connectivity index (χ4n) is 10.9. The van der Waals surface area contributed by atoms with Gasteiger partial charge in [-0.1, -0.05) is 206 Å². The monoisotopic (exact) mass is 765 g/mol. The molecule has 2 nitrogen and oxygen atoms in total. The Balaban J connectivity index is 1.24. The lowest BCUT2D eigenvalue weighted by molar-refractivity contribution is 0.616. The van der Waals surface area contributed by atoms with Crippen LogP contribution < -0.4 is 4.90 Å². The predicted molar refractivity (Wildman–Crippen MR) is 246 cm³/mol. The van der Waals surface area contributed by atoms with Crippen LogP contribution in [0.4, 0.5) is 17.1 Å². The van der Waals surface area contributed by atoms with Crippen molar-refractivity contribution in [2.45, 2.75) is 10.8 Å². The fraction of sp³-hybridized carbons (Fsp3) is 0.0345. The van der Waals surface area contributed by atoms with Crippen molar-refractivity contribution in [2.75, 3.05) is 4.90 Å². The van der Waals surface area contributed by atoms with Gasteiger partial charge in [-0.3, -0.25) is 0 Å². The Morgan fingerprint density at radius 3 is 1.40 bits per heavy atom. The fourth-order valence-corrected chi connectivity index (χ4v) is 10.9. The first kappa shape index (κ1) is 34.4. The van der Waals surface area contributed by atoms with Crippen LogP contribution in [0.25, 0.3) is 33.2 Å². The average molecular weight is 766 g/mol. The molecule has 0 fully saturated rings. The summed E-state index contributed by atoms with van der Waals surface area (Å²) >= 11 is 0. The highest BCUT2D eigenvalue weighted by molar-refractivity contribution is 6.04. The highest BCUT2D eigenvalue weighted by atomic mass is 16.3. The van der Waals surface area contributed by atoms with Crippen molar-refractivity contribution < 1.29 is 4.42 Å². The summed E-state index contributed by atoms with van der Waals surface area (Å²) in [5, 5.41) is 1.06. The third-order valence-electron chi connectivity index (χ3n) is 13.1. The first-order valence-corrected chi connectivity index (χ1v) is 20.8. The van der Waals surface area contributed by atoms with Gasteiger partial charge in [0.1, 0.15) is 0 Å². The van der Waals surface area contributed by atoms with Crippen LogP contribution in [0.1, 0.15) is 44.5 Å². The molecule has 9 aromatic carbocycles. The van der Waals surface area contributed by atoms with Crippen molar-refractivity contribution in [3.05, 3.63) is 281 Å². The molecule has 0 atom stereocenters. The minimum absolute atomic E-state index is 0.556. The van der Waals surface area contributed by atoms with Crippen LogP contribution in [-0.4, -0.2) is 0 Å². The smallest absolute Gasteiger partial charge is 0.157 e. The molecule has 0 unspecified atom stereocenters. The summed E-state index contributed by atoms with van der Waals surface area (Å²) in [6.07, 6.45) is 1.82. The second-order valence-corrected chi connectivity index (χ2v) is 15.9. The van der Waals surface area contributed by atoms with Crippen molar-refractivity contribution in [1.82, 2.24) is 0 Å². The molecule has 12 rings (SSSR count). The van der Waals surface area contributed by atoms with E-state index in [4.69, 9.17) is 4.42 Å². The molecule has 0 N–H and O–H groups in total. The van der Waals surface area contributed by atoms with Crippen LogP contribution >= 0.6 is 0 Å². The normalized spacial score (nSPS) is 13.9. The Bertz CT molecular complexity index is 3120. The molecule has 60 heavy (non-hydrogen) atoms. The van der Waals surface area contributed by atoms with Crippen molar-refractivity contribution >= 4 is 28.0 Å². The van der Waals surface area contributed by atoms with Crippen LogP contribution in [0.3, 0.4) is 0 Å². The quantitative estimate of drug-likeness (QED) is 0.161. The van der Waals surface area contributed by atoms with E-state index in [1.807, 2.05) is 6.26 Å². The SMILES string of the molecule is c1ccc(C2(c3ccccc3)c3ccccc3-c3c(N(c4cccc5c4C(c4ccccc4)(c4ccccc4)c4ccccc4-5)c4cccc5ccoc45)cccc32)cc1. The summed E-state index contributed by atoms with van der Waals surface area (Å²) in [5.74, 6) is 0. The number of furan rings is 1. The molecule has 0 spiro atoms. The number of benzene rings is 9. The van der Waals surface area contributed by atoms with E-state index in [0.717, 1.165) is 28.0 Å². The lowest BCUT2D eigenvalue weighted by Gasteiger charge is -2.38. The number of rotatable bonds is 7. The molecule has 0 saturated heterocycles. The summed E-state index contributed by atoms with van der Waals surface area (Å²) in [4.78, 5) is 2.51. The van der Waals surface area contributed by atoms with Gasteiger partial charge >= 0.3 is 0 Å². The van der Waals surface area contributed by atoms with Gasteiger partial charge in [-0.15, -0.1) is 0 Å². The number of hydrogen-bond donors (Lipinski definition) is 0. The molecule has 0 amide bonds. The summed E-state index contributed by atoms with van der Waals surface area (Å²) in [7, 11) is 0. The zero-order chi connectivity index (χ0) is 39.7. The minimum Gasteiger partial charge on any atom is -0.462 e. The molecule has 1 heterocycles. The Hall–Kier alpha value is -7.68. The average Bonchev–Trinajstić information content (AvgIpc) is 4.02. The topological polar surface area (TPSA) is 16.4 Å². The third kappa shape index (κ3) is 4.65. The number of para-hydroxylation sites is 1. The van der Waals surface area contributed by atoms with E-state index < -0.39 is 10.8 Å². The van der Waals surface area contributed by atoms with E-state index >= 15 is 0 Å². The Morgan fingerprint density at radius 1 is 0.317 bits per heavy atom. The number of hydrogen-bond acceptors (Lipinski definition) is 2. The molecular weight excluding hydrogens is 727 g/mol. The standard InChI is InChI=1S/C58H39NO/c1-5-21-41(22-6-1)57(42-23-7-2-8-24-42)49-33-16-14-30-47(49)54-50(57)34-19-35-51(54)59(53-37-17-20-40-38-39-60-56(40)53)52-36-18-31-46-45-29-13-15-32-48(45)58(55(46)52,43-25-9-3-10-26-43)44-27-11-4-12-28-44/h1-39H. The third-order valence-corrected chi connectivity index (χ3v) is 13.1. The highest BCUT2D eigenvalue weighted by Gasteiger charge is 2.50. The van der Waals surface area contributed by atoms with E-state index in [2.05, 4.69) is 235 Å². The van der Waals surface area contributed by atoms with Crippen molar-refractivity contribution in [1.29, 1.82) is 0 Å². The van der Waals surface area contributed by atoms with Gasteiger partial charge in [0.25, 0.3) is 0 Å². The van der Waals surface area contributed by atoms with Crippen molar-refractivity contribution in [3.8, 4) is 22.3 Å². The maximum absolute atomic E-state index is 6.50. The molecule has 2 aliphatic rings. The van der Waals surface area contributed by atoms with E-state index in [-0.39, 0.29) is 0 Å². The van der Waals surface area contributed by atoms with Gasteiger partial charge in [-0.05, 0) is 79.9 Å². The van der Waals surface area contributed by atoms with E-state index in [1.54, 1.807) is 0 Å². The predicted octanol–water partition coefficient (Wildman–Crippen LogP) is 14.6. The summed E-state index contributed by atoms with van der Waals surface area (Å²) in [6, 6.07) is 84.7. The zero-order valence-corrected chi connectivity index (χ0v) is 32.9. The van der Waals surface area contributed by atoms with Crippen LogP contribution in [0, 0.1) is 0 Å². The van der Waals surface area contributed by atoms with Gasteiger partial charge in [0.2, 0.25) is 0 Å². The van der Waals surface area contributed by atoms with E-state index in [0.29, 0.717) is 0 Å². The number of nitrogens with zero attached hydrogens (tertiary/aromatic N) is 1. The van der Waals surface area contributed by atoms with E-state index in [9.17, 15) is 0 Å². The first-order chi connectivity index (χ1) is 29.8. The molecule has 0 saturated carbocycles. The first-order valence-electron chi connectivity index (χ1n) is 20.8. The number of anilines is 3. The van der Waals surface area contributed by atoms with Gasteiger partial charge in [-0.25, -0.2) is 0 Å². The Kier molecular flexibility index (Phi) is 7.70. The molecule has 2 aliphatic carbocycles. The number of fused-ring (bicyclic) bond motifs is 7. The molecule has 0 bridgehead atoms. The lowest BCUT2D eigenvalue weighted by Crippen LogP contribution is -2.30. The lowest BCUT2D eigenvalue weighted by atomic mass is 9.67. The van der Waals surface area contributed by atoms with E-state index in [1.165, 1.54) is 66.8 Å². The van der Waals surface area contributed by atoms with Crippen LogP contribution in [0.2, 0.25) is 0 Å². The molecule has 1 aromatic heterocycles. The second kappa shape index (κ2) is 13.4. The van der Waals surface area contributed by atoms with Crippen molar-refractivity contribution in [2.24, 2.45) is 0 Å². The van der Waals surface area contributed by atoms with Gasteiger partial charge in [0.15, 0.2) is 5.58 Å². The minimum atomic E-state index is -0.631. The Morgan fingerprint density at radius 2 is 0.767 bits per heavy atom. The second-order valence-electron chi connectivity index (χ2n) is 15.9. The molecule has 0 radical (unpaired) electrons. The van der Waals surface area contributed by atoms with Crippen LogP contribution in [0.15, 0.2) is 241 Å². The summed E-state index contributed by atoms with van der Waals surface area (Å²) in [6.45, 7) is 0. The largest absolute Gasteiger partial charge is 0.462 e. The molecule has 10 aromatic rings. The summed E-state index contributed by atoms with van der Waals surface area (Å²) < 4.78 is 6.50. The van der Waals surface area contributed by atoms with Crippen LogP contribution in [-0.2, 0) is 10.8 Å². The van der Waals surface area contributed by atoms with Gasteiger partial charge in [0.05, 0.1) is 34.2 Å². The van der Waals surface area contributed by atoms with Crippen molar-refractivity contribution in [3.63, 3.8) is 0 Å². The molecule has 282 valence electrons. The van der Waals surface area contributed by atoms with Gasteiger partial charge in [-0.2, -0.15) is 0 Å². The summed E-state index contributed by atoms with van der Waals surface area (Å²) in [5.41, 5.74) is 17.7. The molecule has 2 heteroatoms. The molecule has 0 aliphatic heterocycles. The molecular formula is C58H39NO. The van der Waals surface area contributed by atoms with Gasteiger partial charge < -0.3 is 9.32 Å². The maximum atomic E-state index is 6.50.